The van der Waals surface area contributed by atoms with Crippen molar-refractivity contribution in [2.24, 2.45) is 0 Å². The van der Waals surface area contributed by atoms with Gasteiger partial charge in [0.25, 0.3) is 5.70 Å². The number of ether oxygens (including phenoxy) is 1. The quantitative estimate of drug-likeness (QED) is 0.343. The number of allylic oxidation sites excluding steroid dienone is 2. The Morgan fingerprint density at radius 1 is 1.17 bits per heavy atom. The van der Waals surface area contributed by atoms with E-state index in [0.29, 0.717) is 5.57 Å². The van der Waals surface area contributed by atoms with Crippen LogP contribution in [-0.2, 0) is 16.0 Å². The lowest BCUT2D eigenvalue weighted by Gasteiger charge is -2.33. The van der Waals surface area contributed by atoms with Crippen molar-refractivity contribution < 1.29 is 9.53 Å². The van der Waals surface area contributed by atoms with Crippen LogP contribution in [0.2, 0.25) is 0 Å². The van der Waals surface area contributed by atoms with Crippen LogP contribution in [0.1, 0.15) is 33.7 Å². The summed E-state index contributed by atoms with van der Waals surface area (Å²) in [6, 6.07) is 14.1. The van der Waals surface area contributed by atoms with Crippen molar-refractivity contribution in [3.63, 3.8) is 0 Å². The zero-order chi connectivity index (χ0) is 16.7. The SMILES string of the molecule is [C-]#[N+]/C(C(=O)OC)=C1/c2ccccc2C2C=CCc3cccc1c32. The number of carbonyl (C=O) groups is 1. The van der Waals surface area contributed by atoms with Crippen LogP contribution >= 0.6 is 0 Å². The average Bonchev–Trinajstić information content (AvgIpc) is 2.64. The van der Waals surface area contributed by atoms with Crippen LogP contribution in [0.5, 0.6) is 0 Å². The minimum Gasteiger partial charge on any atom is -0.474 e. The van der Waals surface area contributed by atoms with Crippen LogP contribution in [0.15, 0.2) is 60.3 Å². The molecule has 4 rings (SSSR count). The van der Waals surface area contributed by atoms with Gasteiger partial charge in [-0.05, 0) is 34.2 Å². The third kappa shape index (κ3) is 1.93. The standard InChI is InChI=1S/C21H15NO2/c1-22-20(21(23)24-2)19-16-10-4-3-9-14(16)15-11-5-7-13-8-6-12-17(19)18(13)15/h3-6,8-12,15H,7H2,2H3/b20-19-. The molecule has 2 aliphatic carbocycles. The molecule has 0 radical (unpaired) electrons. The van der Waals surface area contributed by atoms with Crippen molar-refractivity contribution >= 4 is 11.5 Å². The van der Waals surface area contributed by atoms with Crippen molar-refractivity contribution in [3.05, 3.63) is 99.5 Å². The number of hydrogen-bond donors (Lipinski definition) is 0. The molecule has 2 aliphatic rings. The molecule has 0 heterocycles. The van der Waals surface area contributed by atoms with Crippen molar-refractivity contribution in [2.45, 2.75) is 12.3 Å². The first-order valence-corrected chi connectivity index (χ1v) is 7.84. The molecule has 0 saturated carbocycles. The maximum absolute atomic E-state index is 12.2. The van der Waals surface area contributed by atoms with E-state index in [9.17, 15) is 4.79 Å². The predicted molar refractivity (Wildman–Crippen MR) is 92.2 cm³/mol. The molecule has 3 nitrogen and oxygen atoms in total. The molecule has 0 spiro atoms. The highest BCUT2D eigenvalue weighted by atomic mass is 16.5. The van der Waals surface area contributed by atoms with E-state index in [1.54, 1.807) is 0 Å². The Morgan fingerprint density at radius 2 is 1.96 bits per heavy atom. The summed E-state index contributed by atoms with van der Waals surface area (Å²) in [4.78, 5) is 15.7. The fourth-order valence-corrected chi connectivity index (χ4v) is 3.76. The first kappa shape index (κ1) is 14.5. The molecule has 0 fully saturated rings. The summed E-state index contributed by atoms with van der Waals surface area (Å²) >= 11 is 0. The molecule has 2 aromatic rings. The molecule has 0 N–H and O–H groups in total. The van der Waals surface area contributed by atoms with Crippen molar-refractivity contribution in [1.29, 1.82) is 0 Å². The fraction of sp³-hybridized carbons (Fsp3) is 0.143. The second-order valence-corrected chi connectivity index (χ2v) is 5.90. The Hall–Kier alpha value is -3.12. The van der Waals surface area contributed by atoms with Gasteiger partial charge >= 0.3 is 5.97 Å². The molecule has 0 aliphatic heterocycles. The minimum atomic E-state index is -0.586. The molecular formula is C21H15NO2. The number of methoxy groups -OCH3 is 1. The van der Waals surface area contributed by atoms with E-state index in [1.807, 2.05) is 30.3 Å². The van der Waals surface area contributed by atoms with Crippen molar-refractivity contribution in [3.8, 4) is 0 Å². The van der Waals surface area contributed by atoms with E-state index < -0.39 is 5.97 Å². The summed E-state index contributed by atoms with van der Waals surface area (Å²) in [5.41, 5.74) is 6.24. The topological polar surface area (TPSA) is 30.7 Å². The van der Waals surface area contributed by atoms with Gasteiger partial charge in [-0.1, -0.05) is 54.6 Å². The summed E-state index contributed by atoms with van der Waals surface area (Å²) in [5, 5.41) is 0. The van der Waals surface area contributed by atoms with E-state index >= 15 is 0 Å². The Bertz CT molecular complexity index is 960. The summed E-state index contributed by atoms with van der Waals surface area (Å²) in [6.07, 6.45) is 5.29. The molecule has 24 heavy (non-hydrogen) atoms. The Balaban J connectivity index is 2.13. The zero-order valence-corrected chi connectivity index (χ0v) is 13.2. The van der Waals surface area contributed by atoms with Gasteiger partial charge in [-0.2, -0.15) is 0 Å². The van der Waals surface area contributed by atoms with E-state index in [4.69, 9.17) is 11.3 Å². The Labute approximate surface area is 140 Å². The van der Waals surface area contributed by atoms with E-state index in [0.717, 1.165) is 23.1 Å². The zero-order valence-electron chi connectivity index (χ0n) is 13.2. The highest BCUT2D eigenvalue weighted by Gasteiger charge is 2.33. The normalized spacial score (nSPS) is 18.9. The summed E-state index contributed by atoms with van der Waals surface area (Å²) in [6.45, 7) is 7.53. The molecule has 2 aromatic carbocycles. The second kappa shape index (κ2) is 5.50. The number of hydrogen-bond acceptors (Lipinski definition) is 2. The molecule has 0 saturated heterocycles. The van der Waals surface area contributed by atoms with Gasteiger partial charge in [0.15, 0.2) is 0 Å². The van der Waals surface area contributed by atoms with E-state index in [2.05, 4.69) is 29.1 Å². The number of esters is 1. The number of fused-ring (bicyclic) bond motifs is 2. The highest BCUT2D eigenvalue weighted by Crippen LogP contribution is 2.47. The van der Waals surface area contributed by atoms with Crippen LogP contribution in [0.3, 0.4) is 0 Å². The van der Waals surface area contributed by atoms with Gasteiger partial charge in [-0.15, -0.1) is 0 Å². The lowest BCUT2D eigenvalue weighted by Crippen LogP contribution is -2.18. The van der Waals surface area contributed by atoms with Gasteiger partial charge in [0.1, 0.15) is 0 Å². The first-order chi connectivity index (χ1) is 11.8. The molecule has 1 unspecified atom stereocenters. The maximum atomic E-state index is 12.2. The molecule has 0 aromatic heterocycles. The summed E-state index contributed by atoms with van der Waals surface area (Å²) < 4.78 is 4.86. The van der Waals surface area contributed by atoms with Crippen LogP contribution in [0, 0.1) is 6.57 Å². The molecule has 1 atom stereocenters. The van der Waals surface area contributed by atoms with E-state index in [-0.39, 0.29) is 11.6 Å². The average molecular weight is 313 g/mol. The largest absolute Gasteiger partial charge is 0.474 e. The van der Waals surface area contributed by atoms with Gasteiger partial charge in [-0.25, -0.2) is 4.85 Å². The third-order valence-electron chi connectivity index (χ3n) is 4.74. The smallest absolute Gasteiger partial charge is 0.336 e. The predicted octanol–water partition coefficient (Wildman–Crippen LogP) is 4.10. The Morgan fingerprint density at radius 3 is 2.75 bits per heavy atom. The third-order valence-corrected chi connectivity index (χ3v) is 4.74. The van der Waals surface area contributed by atoms with Gasteiger partial charge < -0.3 is 4.74 Å². The highest BCUT2D eigenvalue weighted by molar-refractivity contribution is 6.05. The summed E-state index contributed by atoms with van der Waals surface area (Å²) in [5.74, 6) is -0.410. The molecule has 116 valence electrons. The van der Waals surface area contributed by atoms with Crippen LogP contribution in [0.25, 0.3) is 10.4 Å². The molecule has 0 bridgehead atoms. The number of carbonyl (C=O) groups excluding carboxylic acids is 1. The van der Waals surface area contributed by atoms with Gasteiger partial charge in [0, 0.05) is 11.5 Å². The van der Waals surface area contributed by atoms with Crippen LogP contribution < -0.4 is 0 Å². The Kier molecular flexibility index (Phi) is 3.32. The van der Waals surface area contributed by atoms with Crippen LogP contribution in [0.4, 0.5) is 0 Å². The lowest BCUT2D eigenvalue weighted by atomic mass is 9.71. The molecule has 3 heteroatoms. The van der Waals surface area contributed by atoms with Gasteiger partial charge in [0.2, 0.25) is 0 Å². The maximum Gasteiger partial charge on any atom is 0.336 e. The second-order valence-electron chi connectivity index (χ2n) is 5.90. The monoisotopic (exact) mass is 313 g/mol. The first-order valence-electron chi connectivity index (χ1n) is 7.84. The molecule has 0 amide bonds. The number of benzene rings is 2. The summed E-state index contributed by atoms with van der Waals surface area (Å²) in [7, 11) is 1.31. The minimum absolute atomic E-state index is 0.0475. The fourth-order valence-electron chi connectivity index (χ4n) is 3.76. The lowest BCUT2D eigenvalue weighted by molar-refractivity contribution is -0.135. The number of nitrogens with zero attached hydrogens (tertiary/aromatic N) is 1. The van der Waals surface area contributed by atoms with Gasteiger partial charge in [-0.3, -0.25) is 4.79 Å². The van der Waals surface area contributed by atoms with Crippen molar-refractivity contribution in [1.82, 2.24) is 0 Å². The number of rotatable bonds is 1. The van der Waals surface area contributed by atoms with E-state index in [1.165, 1.54) is 18.2 Å². The molecular weight excluding hydrogens is 298 g/mol. The van der Waals surface area contributed by atoms with Gasteiger partial charge in [0.05, 0.1) is 13.7 Å². The van der Waals surface area contributed by atoms with Crippen LogP contribution in [-0.4, -0.2) is 13.1 Å². The van der Waals surface area contributed by atoms with Crippen molar-refractivity contribution in [2.75, 3.05) is 7.11 Å².